The lowest BCUT2D eigenvalue weighted by Gasteiger charge is -2.11. The maximum atomic E-state index is 5.26. The minimum Gasteiger partial charge on any atom is -0.383 e. The molecule has 0 amide bonds. The van der Waals surface area contributed by atoms with Crippen LogP contribution in [0.5, 0.6) is 0 Å². The summed E-state index contributed by atoms with van der Waals surface area (Å²) in [5, 5.41) is 6.39. The van der Waals surface area contributed by atoms with Gasteiger partial charge in [-0.15, -0.1) is 0 Å². The molecular weight excluding hydrogens is 206 g/mol. The van der Waals surface area contributed by atoms with Crippen LogP contribution in [-0.4, -0.2) is 53.0 Å². The first kappa shape index (κ1) is 15.2. The van der Waals surface area contributed by atoms with E-state index in [2.05, 4.69) is 15.6 Å². The van der Waals surface area contributed by atoms with Crippen molar-refractivity contribution in [2.45, 2.75) is 19.8 Å². The molecule has 96 valence electrons. The number of ether oxygens (including phenoxy) is 2. The highest BCUT2D eigenvalue weighted by atomic mass is 16.5. The minimum atomic E-state index is 0.686. The van der Waals surface area contributed by atoms with Crippen LogP contribution in [0.2, 0.25) is 0 Å². The summed E-state index contributed by atoms with van der Waals surface area (Å²) in [6.45, 7) is 6.03. The zero-order chi connectivity index (χ0) is 12.1. The largest absolute Gasteiger partial charge is 0.383 e. The van der Waals surface area contributed by atoms with E-state index in [1.54, 1.807) is 14.2 Å². The number of methoxy groups -OCH3 is 1. The average Bonchev–Trinajstić information content (AvgIpc) is 2.31. The Kier molecular flexibility index (Phi) is 11.6. The van der Waals surface area contributed by atoms with Crippen LogP contribution in [0.1, 0.15) is 19.8 Å². The lowest BCUT2D eigenvalue weighted by atomic mass is 10.3. The number of guanidine groups is 1. The second kappa shape index (κ2) is 12.3. The molecule has 0 bridgehead atoms. The lowest BCUT2D eigenvalue weighted by Crippen LogP contribution is -2.39. The molecule has 5 heteroatoms. The van der Waals surface area contributed by atoms with Crippen LogP contribution in [0.3, 0.4) is 0 Å². The Bertz CT molecular complexity index is 175. The molecule has 0 rings (SSSR count). The van der Waals surface area contributed by atoms with Crippen molar-refractivity contribution in [1.29, 1.82) is 0 Å². The summed E-state index contributed by atoms with van der Waals surface area (Å²) in [6.07, 6.45) is 2.17. The van der Waals surface area contributed by atoms with E-state index in [0.717, 1.165) is 45.1 Å². The van der Waals surface area contributed by atoms with Gasteiger partial charge in [-0.25, -0.2) is 0 Å². The number of rotatable bonds is 9. The summed E-state index contributed by atoms with van der Waals surface area (Å²) in [5.74, 6) is 0.827. The number of nitrogens with zero attached hydrogens (tertiary/aromatic N) is 1. The lowest BCUT2D eigenvalue weighted by molar-refractivity contribution is 0.143. The highest BCUT2D eigenvalue weighted by Crippen LogP contribution is 1.88. The SMILES string of the molecule is CCOCCCCNC(=NC)NCCOC. The molecule has 0 aromatic rings. The molecule has 0 saturated carbocycles. The molecule has 0 unspecified atom stereocenters. The number of nitrogens with one attached hydrogen (secondary N) is 2. The molecule has 16 heavy (non-hydrogen) atoms. The number of unbranched alkanes of at least 4 members (excludes halogenated alkanes) is 1. The first-order valence-corrected chi connectivity index (χ1v) is 5.86. The van der Waals surface area contributed by atoms with Crippen LogP contribution in [0, 0.1) is 0 Å². The van der Waals surface area contributed by atoms with Crippen molar-refractivity contribution in [3.8, 4) is 0 Å². The van der Waals surface area contributed by atoms with Crippen LogP contribution >= 0.6 is 0 Å². The van der Waals surface area contributed by atoms with Gasteiger partial charge in [0.15, 0.2) is 5.96 Å². The molecule has 0 aromatic heterocycles. The Morgan fingerprint density at radius 2 is 1.88 bits per heavy atom. The van der Waals surface area contributed by atoms with Gasteiger partial charge in [-0.1, -0.05) is 0 Å². The zero-order valence-corrected chi connectivity index (χ0v) is 10.7. The molecule has 0 fully saturated rings. The minimum absolute atomic E-state index is 0.686. The van der Waals surface area contributed by atoms with Crippen molar-refractivity contribution in [2.75, 3.05) is 47.1 Å². The van der Waals surface area contributed by atoms with Gasteiger partial charge in [-0.05, 0) is 19.8 Å². The molecule has 0 heterocycles. The van der Waals surface area contributed by atoms with Crippen molar-refractivity contribution in [1.82, 2.24) is 10.6 Å². The Morgan fingerprint density at radius 3 is 2.50 bits per heavy atom. The van der Waals surface area contributed by atoms with Crippen molar-refractivity contribution in [2.24, 2.45) is 4.99 Å². The van der Waals surface area contributed by atoms with Gasteiger partial charge in [0.25, 0.3) is 0 Å². The van der Waals surface area contributed by atoms with Gasteiger partial charge in [0, 0.05) is 40.5 Å². The summed E-state index contributed by atoms with van der Waals surface area (Å²) in [6, 6.07) is 0. The fourth-order valence-electron chi connectivity index (χ4n) is 1.17. The molecule has 0 aromatic carbocycles. The second-order valence-corrected chi connectivity index (χ2v) is 3.32. The predicted molar refractivity (Wildman–Crippen MR) is 67.0 cm³/mol. The van der Waals surface area contributed by atoms with Crippen molar-refractivity contribution in [3.05, 3.63) is 0 Å². The molecule has 0 saturated heterocycles. The molecule has 0 spiro atoms. The Hall–Kier alpha value is -0.810. The van der Waals surface area contributed by atoms with Crippen molar-refractivity contribution < 1.29 is 9.47 Å². The van der Waals surface area contributed by atoms with Gasteiger partial charge in [0.05, 0.1) is 6.61 Å². The number of hydrogen-bond acceptors (Lipinski definition) is 3. The third-order valence-electron chi connectivity index (χ3n) is 2.03. The van der Waals surface area contributed by atoms with Crippen LogP contribution in [0.25, 0.3) is 0 Å². The summed E-state index contributed by atoms with van der Waals surface area (Å²) in [4.78, 5) is 4.10. The Balaban J connectivity index is 3.34. The summed E-state index contributed by atoms with van der Waals surface area (Å²) in [5.41, 5.74) is 0. The van der Waals surface area contributed by atoms with Crippen molar-refractivity contribution >= 4 is 5.96 Å². The number of aliphatic imine (C=N–C) groups is 1. The van der Waals surface area contributed by atoms with Gasteiger partial charge in [0.1, 0.15) is 0 Å². The molecule has 0 aliphatic heterocycles. The maximum Gasteiger partial charge on any atom is 0.191 e. The molecule has 0 atom stereocenters. The smallest absolute Gasteiger partial charge is 0.191 e. The van der Waals surface area contributed by atoms with Crippen LogP contribution < -0.4 is 10.6 Å². The van der Waals surface area contributed by atoms with Gasteiger partial charge < -0.3 is 20.1 Å². The van der Waals surface area contributed by atoms with E-state index >= 15 is 0 Å². The van der Waals surface area contributed by atoms with E-state index in [1.165, 1.54) is 0 Å². The highest BCUT2D eigenvalue weighted by molar-refractivity contribution is 5.79. The first-order valence-electron chi connectivity index (χ1n) is 5.86. The van der Waals surface area contributed by atoms with Crippen LogP contribution in [-0.2, 0) is 9.47 Å². The molecule has 5 nitrogen and oxygen atoms in total. The fraction of sp³-hybridized carbons (Fsp3) is 0.909. The van der Waals surface area contributed by atoms with Gasteiger partial charge >= 0.3 is 0 Å². The molecule has 0 aliphatic rings. The highest BCUT2D eigenvalue weighted by Gasteiger charge is 1.95. The van der Waals surface area contributed by atoms with E-state index in [9.17, 15) is 0 Å². The summed E-state index contributed by atoms with van der Waals surface area (Å²) in [7, 11) is 3.45. The fourth-order valence-corrected chi connectivity index (χ4v) is 1.17. The standard InChI is InChI=1S/C11H25N3O2/c1-4-16-9-6-5-7-13-11(12-2)14-8-10-15-3/h4-10H2,1-3H3,(H2,12,13,14). The predicted octanol–water partition coefficient (Wildman–Crippen LogP) is 0.615. The van der Waals surface area contributed by atoms with Gasteiger partial charge in [0.2, 0.25) is 0 Å². The molecule has 2 N–H and O–H groups in total. The first-order chi connectivity index (χ1) is 7.85. The molecular formula is C11H25N3O2. The third kappa shape index (κ3) is 9.73. The van der Waals surface area contributed by atoms with E-state index in [4.69, 9.17) is 9.47 Å². The van der Waals surface area contributed by atoms with Gasteiger partial charge in [-0.2, -0.15) is 0 Å². The van der Waals surface area contributed by atoms with Gasteiger partial charge in [-0.3, -0.25) is 4.99 Å². The second-order valence-electron chi connectivity index (χ2n) is 3.32. The van der Waals surface area contributed by atoms with E-state index in [-0.39, 0.29) is 0 Å². The van der Waals surface area contributed by atoms with E-state index in [0.29, 0.717) is 6.61 Å². The van der Waals surface area contributed by atoms with Crippen molar-refractivity contribution in [3.63, 3.8) is 0 Å². The molecule has 0 aliphatic carbocycles. The summed E-state index contributed by atoms with van der Waals surface area (Å²) >= 11 is 0. The van der Waals surface area contributed by atoms with Crippen LogP contribution in [0.15, 0.2) is 4.99 Å². The Labute approximate surface area is 98.6 Å². The average molecular weight is 231 g/mol. The quantitative estimate of drug-likeness (QED) is 0.347. The third-order valence-corrected chi connectivity index (χ3v) is 2.03. The zero-order valence-electron chi connectivity index (χ0n) is 10.7. The van der Waals surface area contributed by atoms with E-state index in [1.807, 2.05) is 6.92 Å². The molecule has 0 radical (unpaired) electrons. The Morgan fingerprint density at radius 1 is 1.12 bits per heavy atom. The topological polar surface area (TPSA) is 54.9 Å². The van der Waals surface area contributed by atoms with E-state index < -0.39 is 0 Å². The number of hydrogen-bond donors (Lipinski definition) is 2. The normalized spacial score (nSPS) is 11.6. The van der Waals surface area contributed by atoms with Crippen LogP contribution in [0.4, 0.5) is 0 Å². The monoisotopic (exact) mass is 231 g/mol. The maximum absolute atomic E-state index is 5.26. The summed E-state index contributed by atoms with van der Waals surface area (Å²) < 4.78 is 10.2.